The predicted octanol–water partition coefficient (Wildman–Crippen LogP) is 0.839. The molecular weight excluding hydrogens is 272 g/mol. The second-order valence-corrected chi connectivity index (χ2v) is 6.36. The zero-order chi connectivity index (χ0) is 16.0. The zero-order valence-corrected chi connectivity index (χ0v) is 13.3. The average Bonchev–Trinajstić information content (AvgIpc) is 2.37. The molecular formula is C15H28N2O4. The number of hydrogen-bond donors (Lipinski definition) is 3. The summed E-state index contributed by atoms with van der Waals surface area (Å²) in [6.07, 6.45) is 1.96. The number of nitrogens with zero attached hydrogens (tertiary/aromatic N) is 1. The Bertz CT molecular complexity index is 363. The second kappa shape index (κ2) is 7.75. The molecule has 3 N–H and O–H groups in total. The van der Waals surface area contributed by atoms with Gasteiger partial charge < -0.3 is 15.5 Å². The quantitative estimate of drug-likeness (QED) is 0.648. The molecule has 122 valence electrons. The first-order valence-electron chi connectivity index (χ1n) is 7.72. The lowest BCUT2D eigenvalue weighted by atomic mass is 9.78. The van der Waals surface area contributed by atoms with Crippen LogP contribution >= 0.6 is 0 Å². The third-order valence-corrected chi connectivity index (χ3v) is 4.05. The van der Waals surface area contributed by atoms with Gasteiger partial charge in [-0.1, -0.05) is 6.92 Å². The Morgan fingerprint density at radius 2 is 1.90 bits per heavy atom. The SMILES string of the molecule is CCN(CC(=O)NC(C)C)CC1(O)CCC(C(=O)O)CC1. The van der Waals surface area contributed by atoms with Crippen LogP contribution in [0.25, 0.3) is 0 Å². The van der Waals surface area contributed by atoms with Gasteiger partial charge in [-0.05, 0) is 46.1 Å². The maximum Gasteiger partial charge on any atom is 0.306 e. The third-order valence-electron chi connectivity index (χ3n) is 4.05. The smallest absolute Gasteiger partial charge is 0.306 e. The molecule has 0 unspecified atom stereocenters. The minimum absolute atomic E-state index is 0.0466. The topological polar surface area (TPSA) is 89.9 Å². The molecule has 1 rings (SSSR count). The molecule has 0 atom stereocenters. The first kappa shape index (κ1) is 17.9. The first-order chi connectivity index (χ1) is 9.75. The number of aliphatic carboxylic acids is 1. The van der Waals surface area contributed by atoms with E-state index in [0.717, 1.165) is 0 Å². The van der Waals surface area contributed by atoms with E-state index in [1.807, 2.05) is 25.7 Å². The van der Waals surface area contributed by atoms with E-state index in [2.05, 4.69) is 5.32 Å². The minimum Gasteiger partial charge on any atom is -0.481 e. The molecule has 0 aromatic rings. The number of amides is 1. The van der Waals surface area contributed by atoms with E-state index in [9.17, 15) is 14.7 Å². The van der Waals surface area contributed by atoms with Crippen molar-refractivity contribution in [3.05, 3.63) is 0 Å². The monoisotopic (exact) mass is 300 g/mol. The fraction of sp³-hybridized carbons (Fsp3) is 0.867. The van der Waals surface area contributed by atoms with Gasteiger partial charge in [0.25, 0.3) is 0 Å². The van der Waals surface area contributed by atoms with Crippen LogP contribution in [0, 0.1) is 5.92 Å². The highest BCUT2D eigenvalue weighted by atomic mass is 16.4. The summed E-state index contributed by atoms with van der Waals surface area (Å²) in [6.45, 7) is 7.13. The van der Waals surface area contributed by atoms with Crippen LogP contribution in [0.4, 0.5) is 0 Å². The number of likely N-dealkylation sites (N-methyl/N-ethyl adjacent to an activating group) is 1. The molecule has 0 aromatic heterocycles. The minimum atomic E-state index is -0.875. The van der Waals surface area contributed by atoms with Gasteiger partial charge in [0.1, 0.15) is 0 Å². The van der Waals surface area contributed by atoms with Crippen LogP contribution in [-0.2, 0) is 9.59 Å². The lowest BCUT2D eigenvalue weighted by Crippen LogP contribution is -2.49. The molecule has 0 bridgehead atoms. The van der Waals surface area contributed by atoms with E-state index in [1.165, 1.54) is 0 Å². The summed E-state index contributed by atoms with van der Waals surface area (Å²) in [5.74, 6) is -1.17. The molecule has 1 amide bonds. The van der Waals surface area contributed by atoms with E-state index in [4.69, 9.17) is 5.11 Å². The first-order valence-corrected chi connectivity index (χ1v) is 7.72. The molecule has 1 fully saturated rings. The van der Waals surface area contributed by atoms with Gasteiger partial charge in [0, 0.05) is 12.6 Å². The molecule has 0 spiro atoms. The van der Waals surface area contributed by atoms with Crippen LogP contribution in [0.3, 0.4) is 0 Å². The number of nitrogens with one attached hydrogen (secondary N) is 1. The zero-order valence-electron chi connectivity index (χ0n) is 13.3. The number of carbonyl (C=O) groups is 2. The fourth-order valence-corrected chi connectivity index (χ4v) is 2.83. The Balaban J connectivity index is 2.49. The van der Waals surface area contributed by atoms with Crippen LogP contribution in [0.1, 0.15) is 46.5 Å². The maximum atomic E-state index is 11.8. The molecule has 0 radical (unpaired) electrons. The highest BCUT2D eigenvalue weighted by Crippen LogP contribution is 2.32. The van der Waals surface area contributed by atoms with E-state index < -0.39 is 11.6 Å². The molecule has 0 aliphatic heterocycles. The predicted molar refractivity (Wildman–Crippen MR) is 79.9 cm³/mol. The van der Waals surface area contributed by atoms with Crippen LogP contribution in [-0.4, -0.2) is 58.3 Å². The van der Waals surface area contributed by atoms with Crippen LogP contribution in [0.2, 0.25) is 0 Å². The molecule has 0 saturated heterocycles. The summed E-state index contributed by atoms with van der Waals surface area (Å²) >= 11 is 0. The largest absolute Gasteiger partial charge is 0.481 e. The molecule has 6 heteroatoms. The van der Waals surface area contributed by atoms with Crippen molar-refractivity contribution in [2.24, 2.45) is 5.92 Å². The highest BCUT2D eigenvalue weighted by Gasteiger charge is 2.37. The van der Waals surface area contributed by atoms with Crippen molar-refractivity contribution in [2.75, 3.05) is 19.6 Å². The molecule has 0 aromatic carbocycles. The van der Waals surface area contributed by atoms with Crippen molar-refractivity contribution in [2.45, 2.75) is 58.1 Å². The number of aliphatic hydroxyl groups is 1. The van der Waals surface area contributed by atoms with Crippen LogP contribution in [0.5, 0.6) is 0 Å². The normalized spacial score (nSPS) is 26.1. The summed E-state index contributed by atoms with van der Waals surface area (Å²) in [6, 6.07) is 0.102. The van der Waals surface area contributed by atoms with E-state index in [-0.39, 0.29) is 24.4 Å². The summed E-state index contributed by atoms with van der Waals surface area (Å²) in [7, 11) is 0. The molecule has 1 aliphatic carbocycles. The van der Waals surface area contributed by atoms with Gasteiger partial charge in [0.15, 0.2) is 0 Å². The summed E-state index contributed by atoms with van der Waals surface area (Å²) in [5, 5.41) is 22.4. The van der Waals surface area contributed by atoms with Crippen molar-refractivity contribution in [3.8, 4) is 0 Å². The van der Waals surface area contributed by atoms with Gasteiger partial charge in [-0.2, -0.15) is 0 Å². The Kier molecular flexibility index (Phi) is 6.61. The maximum absolute atomic E-state index is 11.8. The Morgan fingerprint density at radius 1 is 1.33 bits per heavy atom. The van der Waals surface area contributed by atoms with Crippen molar-refractivity contribution in [1.82, 2.24) is 10.2 Å². The lowest BCUT2D eigenvalue weighted by molar-refractivity contribution is -0.145. The lowest BCUT2D eigenvalue weighted by Gasteiger charge is -2.38. The summed E-state index contributed by atoms with van der Waals surface area (Å²) in [5.41, 5.74) is -0.875. The van der Waals surface area contributed by atoms with Gasteiger partial charge in [-0.3, -0.25) is 14.5 Å². The van der Waals surface area contributed by atoms with Gasteiger partial charge in [0.2, 0.25) is 5.91 Å². The van der Waals surface area contributed by atoms with Crippen molar-refractivity contribution in [1.29, 1.82) is 0 Å². The van der Waals surface area contributed by atoms with Gasteiger partial charge in [-0.15, -0.1) is 0 Å². The molecule has 1 aliphatic rings. The molecule has 6 nitrogen and oxygen atoms in total. The number of hydrogen-bond acceptors (Lipinski definition) is 4. The number of carboxylic acid groups (broad SMARTS) is 1. The van der Waals surface area contributed by atoms with Crippen molar-refractivity contribution >= 4 is 11.9 Å². The Morgan fingerprint density at radius 3 is 2.33 bits per heavy atom. The number of rotatable bonds is 7. The third kappa shape index (κ3) is 6.01. The van der Waals surface area contributed by atoms with Gasteiger partial charge in [0.05, 0.1) is 18.1 Å². The molecule has 21 heavy (non-hydrogen) atoms. The van der Waals surface area contributed by atoms with E-state index >= 15 is 0 Å². The molecule has 1 saturated carbocycles. The van der Waals surface area contributed by atoms with Crippen molar-refractivity contribution in [3.63, 3.8) is 0 Å². The number of carboxylic acids is 1. The van der Waals surface area contributed by atoms with Crippen LogP contribution in [0.15, 0.2) is 0 Å². The van der Waals surface area contributed by atoms with Gasteiger partial charge >= 0.3 is 5.97 Å². The van der Waals surface area contributed by atoms with Crippen molar-refractivity contribution < 1.29 is 19.8 Å². The number of carbonyl (C=O) groups excluding carboxylic acids is 1. The van der Waals surface area contributed by atoms with Gasteiger partial charge in [-0.25, -0.2) is 0 Å². The Hall–Kier alpha value is -1.14. The van der Waals surface area contributed by atoms with Crippen LogP contribution < -0.4 is 5.32 Å². The fourth-order valence-electron chi connectivity index (χ4n) is 2.83. The average molecular weight is 300 g/mol. The van der Waals surface area contributed by atoms with E-state index in [0.29, 0.717) is 38.8 Å². The highest BCUT2D eigenvalue weighted by molar-refractivity contribution is 5.78. The standard InChI is InChI=1S/C15H28N2O4/c1-4-17(9-13(18)16-11(2)3)10-15(21)7-5-12(6-8-15)14(19)20/h11-12,21H,4-10H2,1-3H3,(H,16,18)(H,19,20). The van der Waals surface area contributed by atoms with E-state index in [1.54, 1.807) is 0 Å². The summed E-state index contributed by atoms with van der Waals surface area (Å²) < 4.78 is 0. The summed E-state index contributed by atoms with van der Waals surface area (Å²) in [4.78, 5) is 24.7. The Labute approximate surface area is 126 Å². The molecule has 0 heterocycles. The second-order valence-electron chi connectivity index (χ2n) is 6.36.